The molecule has 3 heterocycles. The second-order valence-electron chi connectivity index (χ2n) is 11.8. The molecule has 0 aromatic heterocycles. The van der Waals surface area contributed by atoms with Crippen LogP contribution in [-0.2, 0) is 25.5 Å². The van der Waals surface area contributed by atoms with Crippen LogP contribution < -0.4 is 5.32 Å². The quantitative estimate of drug-likeness (QED) is 0.439. The van der Waals surface area contributed by atoms with Gasteiger partial charge in [-0.2, -0.15) is 0 Å². The Kier molecular flexibility index (Phi) is 4.99. The summed E-state index contributed by atoms with van der Waals surface area (Å²) in [5.41, 5.74) is -2.18. The van der Waals surface area contributed by atoms with Crippen LogP contribution in [0.5, 0.6) is 0 Å². The molecule has 3 saturated heterocycles. The molecule has 0 bridgehead atoms. The van der Waals surface area contributed by atoms with Crippen molar-refractivity contribution in [2.45, 2.75) is 82.2 Å². The van der Waals surface area contributed by atoms with Crippen LogP contribution in [0.15, 0.2) is 42.5 Å². The molecule has 7 nitrogen and oxygen atoms in total. The number of hydrogen-bond acceptors (Lipinski definition) is 6. The molecule has 188 valence electrons. The third kappa shape index (κ3) is 3.05. The molecule has 3 aliphatic heterocycles. The lowest BCUT2D eigenvalue weighted by molar-refractivity contribution is -0.148. The number of Topliss-reactive ketones (excluding diaryl/α,β-unsaturated/α-hetero) is 1. The number of ether oxygens (including phenoxy) is 2. The monoisotopic (exact) mass is 481 g/mol. The van der Waals surface area contributed by atoms with Crippen LogP contribution in [0.2, 0.25) is 0 Å². The summed E-state index contributed by atoms with van der Waals surface area (Å²) in [5, 5.41) is 26.3. The van der Waals surface area contributed by atoms with Crippen molar-refractivity contribution in [3.05, 3.63) is 48.0 Å². The zero-order valence-corrected chi connectivity index (χ0v) is 20.7. The van der Waals surface area contributed by atoms with Gasteiger partial charge in [-0.05, 0) is 38.2 Å². The smallest absolute Gasteiger partial charge is 0.230 e. The molecule has 1 aromatic rings. The first-order valence-corrected chi connectivity index (χ1v) is 12.8. The Morgan fingerprint density at radius 3 is 2.54 bits per heavy atom. The third-order valence-electron chi connectivity index (χ3n) is 9.86. The van der Waals surface area contributed by atoms with Crippen LogP contribution in [0, 0.1) is 29.1 Å². The van der Waals surface area contributed by atoms with Crippen molar-refractivity contribution in [3.63, 3.8) is 0 Å². The number of carbonyl (C=O) groups excluding carboxylic acids is 2. The maximum absolute atomic E-state index is 14.0. The molecule has 1 aromatic carbocycles. The molecule has 1 saturated carbocycles. The van der Waals surface area contributed by atoms with E-state index in [1.807, 2.05) is 30.4 Å². The Hall–Kier alpha value is -2.06. The second-order valence-corrected chi connectivity index (χ2v) is 11.8. The highest BCUT2D eigenvalue weighted by Crippen LogP contribution is 2.68. The van der Waals surface area contributed by atoms with Crippen LogP contribution in [-0.4, -0.2) is 63.6 Å². The van der Waals surface area contributed by atoms with Crippen LogP contribution in [0.4, 0.5) is 0 Å². The number of rotatable bonds is 2. The van der Waals surface area contributed by atoms with E-state index in [1.54, 1.807) is 6.92 Å². The summed E-state index contributed by atoms with van der Waals surface area (Å²) in [6, 6.07) is 9.87. The maximum Gasteiger partial charge on any atom is 0.230 e. The van der Waals surface area contributed by atoms with Crippen molar-refractivity contribution in [2.75, 3.05) is 0 Å². The fourth-order valence-electron chi connectivity index (χ4n) is 7.74. The van der Waals surface area contributed by atoms with Gasteiger partial charge in [-0.3, -0.25) is 9.59 Å². The second kappa shape index (κ2) is 7.48. The van der Waals surface area contributed by atoms with Crippen molar-refractivity contribution < 1.29 is 29.3 Å². The van der Waals surface area contributed by atoms with E-state index in [1.165, 1.54) is 6.92 Å². The van der Waals surface area contributed by atoms with Gasteiger partial charge in [0.15, 0.2) is 5.78 Å². The fourth-order valence-corrected chi connectivity index (χ4v) is 7.74. The van der Waals surface area contributed by atoms with E-state index in [-0.39, 0.29) is 47.2 Å². The molecule has 6 rings (SSSR count). The van der Waals surface area contributed by atoms with Crippen LogP contribution in [0.25, 0.3) is 0 Å². The molecule has 12 atom stereocenters. The zero-order valence-electron chi connectivity index (χ0n) is 20.7. The minimum Gasteiger partial charge on any atom is -0.389 e. The SMILES string of the molecule is CC1C/C=C/[C@H]2[C@@H]3O[C@]3(C)C(C)[C@H]3[C@H](Cc4ccccc4)NC(=O)[C@@]23[C@H](O)[C@@H]2O[C@H]2[C@@](C)(O)C1=O. The lowest BCUT2D eigenvalue weighted by atomic mass is 9.50. The van der Waals surface area contributed by atoms with Crippen molar-refractivity contribution in [2.24, 2.45) is 29.1 Å². The van der Waals surface area contributed by atoms with E-state index in [4.69, 9.17) is 9.47 Å². The first kappa shape index (κ1) is 23.3. The van der Waals surface area contributed by atoms with E-state index in [2.05, 4.69) is 31.3 Å². The Bertz CT molecular complexity index is 1090. The van der Waals surface area contributed by atoms with E-state index in [0.717, 1.165) is 5.56 Å². The number of ketones is 1. The van der Waals surface area contributed by atoms with Crippen molar-refractivity contribution in [1.82, 2.24) is 5.32 Å². The predicted molar refractivity (Wildman–Crippen MR) is 127 cm³/mol. The number of carbonyl (C=O) groups is 2. The van der Waals surface area contributed by atoms with Crippen LogP contribution >= 0.6 is 0 Å². The molecule has 4 fully saturated rings. The molecular formula is C28H35NO6. The van der Waals surface area contributed by atoms with E-state index < -0.39 is 35.2 Å². The number of allylic oxidation sites excluding steroid dienone is 1. The highest BCUT2D eigenvalue weighted by molar-refractivity contribution is 5.91. The van der Waals surface area contributed by atoms with Gasteiger partial charge >= 0.3 is 0 Å². The maximum atomic E-state index is 14.0. The van der Waals surface area contributed by atoms with Gasteiger partial charge in [0.25, 0.3) is 0 Å². The van der Waals surface area contributed by atoms with Gasteiger partial charge < -0.3 is 25.0 Å². The highest BCUT2D eigenvalue weighted by atomic mass is 16.6. The van der Waals surface area contributed by atoms with E-state index >= 15 is 0 Å². The summed E-state index contributed by atoms with van der Waals surface area (Å²) in [4.78, 5) is 27.1. The van der Waals surface area contributed by atoms with Crippen LogP contribution in [0.1, 0.15) is 39.7 Å². The fraction of sp³-hybridized carbons (Fsp3) is 0.643. The number of hydrogen-bond donors (Lipinski definition) is 3. The molecule has 35 heavy (non-hydrogen) atoms. The number of nitrogens with one attached hydrogen (secondary N) is 1. The molecule has 2 aliphatic carbocycles. The molecule has 7 heteroatoms. The first-order valence-electron chi connectivity index (χ1n) is 12.8. The molecule has 3 N–H and O–H groups in total. The number of amides is 1. The molecule has 1 amide bonds. The van der Waals surface area contributed by atoms with Gasteiger partial charge in [-0.15, -0.1) is 0 Å². The Balaban J connectivity index is 1.47. The first-order chi connectivity index (χ1) is 16.5. The summed E-state index contributed by atoms with van der Waals surface area (Å²) in [7, 11) is 0. The Morgan fingerprint density at radius 2 is 1.83 bits per heavy atom. The molecule has 5 aliphatic rings. The number of aliphatic hydroxyl groups excluding tert-OH is 1. The third-order valence-corrected chi connectivity index (χ3v) is 9.86. The standard InChI is InChI=1S/C28H35NO6/c1-14-9-8-12-17-23-27(4,35-23)15(2)19-18(13-16-10-6-5-7-11-16)29-25(32)28(17,19)22(31)20-24(34-20)26(3,33)21(14)30/h5-8,10-12,14-15,17-20,22-24,31,33H,9,13H2,1-4H3,(H,29,32)/b12-8+/t14?,15?,17-,18-,19-,20-,22+,23-,24+,26-,27+,28-/m0/s1. The number of fused-ring (bicyclic) bond motifs is 3. The van der Waals surface area contributed by atoms with Crippen molar-refractivity contribution in [3.8, 4) is 0 Å². The average molecular weight is 482 g/mol. The lowest BCUT2D eigenvalue weighted by Gasteiger charge is -2.49. The van der Waals surface area contributed by atoms with Gasteiger partial charge in [-0.25, -0.2) is 0 Å². The highest BCUT2D eigenvalue weighted by Gasteiger charge is 2.80. The summed E-state index contributed by atoms with van der Waals surface area (Å²) >= 11 is 0. The van der Waals surface area contributed by atoms with E-state index in [0.29, 0.717) is 12.8 Å². The van der Waals surface area contributed by atoms with Gasteiger partial charge in [0.05, 0.1) is 23.2 Å². The molecule has 1 spiro atoms. The summed E-state index contributed by atoms with van der Waals surface area (Å²) in [6.45, 7) is 7.49. The number of benzene rings is 1. The van der Waals surface area contributed by atoms with Crippen LogP contribution in [0.3, 0.4) is 0 Å². The minimum atomic E-state index is -1.73. The number of epoxide rings is 2. The summed E-state index contributed by atoms with van der Waals surface area (Å²) in [6.07, 6.45) is 1.98. The summed E-state index contributed by atoms with van der Waals surface area (Å²) in [5.74, 6) is -1.48. The predicted octanol–water partition coefficient (Wildman–Crippen LogP) is 1.80. The normalized spacial score (nSPS) is 53.3. The molecule has 0 radical (unpaired) electrons. The van der Waals surface area contributed by atoms with Gasteiger partial charge in [-0.1, -0.05) is 56.3 Å². The Labute approximate surface area is 205 Å². The topological polar surface area (TPSA) is 112 Å². The van der Waals surface area contributed by atoms with Crippen molar-refractivity contribution >= 4 is 11.7 Å². The largest absolute Gasteiger partial charge is 0.389 e. The van der Waals surface area contributed by atoms with E-state index in [9.17, 15) is 19.8 Å². The Morgan fingerprint density at radius 1 is 1.11 bits per heavy atom. The minimum absolute atomic E-state index is 0.00264. The average Bonchev–Trinajstić information content (AvgIpc) is 3.73. The molecule has 2 unspecified atom stereocenters. The van der Waals surface area contributed by atoms with Gasteiger partial charge in [0.1, 0.15) is 17.8 Å². The lowest BCUT2D eigenvalue weighted by Crippen LogP contribution is -2.61. The van der Waals surface area contributed by atoms with Gasteiger partial charge in [0.2, 0.25) is 5.91 Å². The van der Waals surface area contributed by atoms with Crippen molar-refractivity contribution in [1.29, 1.82) is 0 Å². The summed E-state index contributed by atoms with van der Waals surface area (Å²) < 4.78 is 12.1. The van der Waals surface area contributed by atoms with Gasteiger partial charge in [0, 0.05) is 23.8 Å². The molecular weight excluding hydrogens is 446 g/mol. The number of aliphatic hydroxyl groups is 2. The zero-order chi connectivity index (χ0) is 24.9.